The molecule has 0 spiro atoms. The Morgan fingerprint density at radius 3 is 2.81 bits per heavy atom. The minimum Gasteiger partial charge on any atom is -0.496 e. The van der Waals surface area contributed by atoms with Crippen molar-refractivity contribution in [1.29, 1.82) is 0 Å². The summed E-state index contributed by atoms with van der Waals surface area (Å²) in [5, 5.41) is 0. The lowest BCUT2D eigenvalue weighted by Crippen LogP contribution is -2.18. The van der Waals surface area contributed by atoms with Gasteiger partial charge in [0.05, 0.1) is 12.6 Å². The lowest BCUT2D eigenvalue weighted by atomic mass is 10.0. The van der Waals surface area contributed by atoms with Crippen LogP contribution in [0.5, 0.6) is 0 Å². The third-order valence-corrected chi connectivity index (χ3v) is 3.78. The van der Waals surface area contributed by atoms with Crippen molar-refractivity contribution in [3.05, 3.63) is 44.5 Å². The second kappa shape index (κ2) is 5.34. The first-order valence-electron chi connectivity index (χ1n) is 5.22. The average Bonchev–Trinajstić information content (AvgIpc) is 2.32. The Morgan fingerprint density at radius 2 is 2.12 bits per heavy atom. The zero-order chi connectivity index (χ0) is 11.5. The second-order valence-corrected chi connectivity index (χ2v) is 5.51. The van der Waals surface area contributed by atoms with Crippen molar-refractivity contribution >= 4 is 31.9 Å². The summed E-state index contributed by atoms with van der Waals surface area (Å²) in [6, 6.07) is 5.80. The van der Waals surface area contributed by atoms with Crippen molar-refractivity contribution in [1.82, 2.24) is 0 Å². The molecule has 0 saturated carbocycles. The highest BCUT2D eigenvalue weighted by Crippen LogP contribution is 2.31. The van der Waals surface area contributed by atoms with E-state index < -0.39 is 0 Å². The topological polar surface area (TPSA) is 35.2 Å². The fourth-order valence-corrected chi connectivity index (χ4v) is 2.57. The number of rotatable bonds is 2. The van der Waals surface area contributed by atoms with Crippen LogP contribution in [0.15, 0.2) is 39.0 Å². The Labute approximate surface area is 112 Å². The molecule has 0 saturated heterocycles. The third-order valence-electron chi connectivity index (χ3n) is 2.56. The maximum absolute atomic E-state index is 6.20. The van der Waals surface area contributed by atoms with Crippen LogP contribution >= 0.6 is 31.9 Å². The zero-order valence-corrected chi connectivity index (χ0v) is 11.9. The van der Waals surface area contributed by atoms with Crippen LogP contribution in [0, 0.1) is 0 Å². The monoisotopic (exact) mass is 345 g/mol. The standard InChI is InChI=1S/C12H13Br2NO/c13-8-4-5-10(14)9(7-8)12(15)11-3-1-2-6-16-11/h3-5,7,12H,1-2,6,15H2. The number of halogens is 2. The van der Waals surface area contributed by atoms with E-state index in [4.69, 9.17) is 10.5 Å². The van der Waals surface area contributed by atoms with Gasteiger partial charge in [0.15, 0.2) is 0 Å². The molecule has 86 valence electrons. The van der Waals surface area contributed by atoms with E-state index in [9.17, 15) is 0 Å². The Hall–Kier alpha value is -0.320. The van der Waals surface area contributed by atoms with Crippen LogP contribution in [0.1, 0.15) is 24.4 Å². The normalized spacial score (nSPS) is 17.6. The summed E-state index contributed by atoms with van der Waals surface area (Å²) in [5.74, 6) is 0.880. The maximum Gasteiger partial charge on any atom is 0.113 e. The van der Waals surface area contributed by atoms with Crippen LogP contribution in [-0.4, -0.2) is 6.61 Å². The highest BCUT2D eigenvalue weighted by molar-refractivity contribution is 9.11. The van der Waals surface area contributed by atoms with E-state index >= 15 is 0 Å². The Balaban J connectivity index is 2.29. The van der Waals surface area contributed by atoms with Crippen LogP contribution in [0.2, 0.25) is 0 Å². The quantitative estimate of drug-likeness (QED) is 0.881. The van der Waals surface area contributed by atoms with Crippen molar-refractivity contribution < 1.29 is 4.74 Å². The number of hydrogen-bond donors (Lipinski definition) is 1. The molecular weight excluding hydrogens is 334 g/mol. The molecule has 2 N–H and O–H groups in total. The smallest absolute Gasteiger partial charge is 0.113 e. The largest absolute Gasteiger partial charge is 0.496 e. The second-order valence-electron chi connectivity index (χ2n) is 3.74. The summed E-state index contributed by atoms with van der Waals surface area (Å²) >= 11 is 6.97. The van der Waals surface area contributed by atoms with Gasteiger partial charge in [0.25, 0.3) is 0 Å². The van der Waals surface area contributed by atoms with Crippen LogP contribution in [0.25, 0.3) is 0 Å². The fourth-order valence-electron chi connectivity index (χ4n) is 1.70. The summed E-state index contributed by atoms with van der Waals surface area (Å²) in [5.41, 5.74) is 7.24. The van der Waals surface area contributed by atoms with Crippen molar-refractivity contribution in [3.63, 3.8) is 0 Å². The molecule has 1 aliphatic rings. The molecule has 1 unspecified atom stereocenters. The molecule has 4 heteroatoms. The Morgan fingerprint density at radius 1 is 1.31 bits per heavy atom. The van der Waals surface area contributed by atoms with Gasteiger partial charge in [0, 0.05) is 8.95 Å². The fraction of sp³-hybridized carbons (Fsp3) is 0.333. The van der Waals surface area contributed by atoms with Crippen LogP contribution in [-0.2, 0) is 4.74 Å². The minimum absolute atomic E-state index is 0.188. The van der Waals surface area contributed by atoms with Crippen molar-refractivity contribution in [2.75, 3.05) is 6.61 Å². The molecule has 0 aromatic heterocycles. The van der Waals surface area contributed by atoms with E-state index in [-0.39, 0.29) is 6.04 Å². The first-order valence-corrected chi connectivity index (χ1v) is 6.80. The number of allylic oxidation sites excluding steroid dienone is 1. The van der Waals surface area contributed by atoms with E-state index in [1.807, 2.05) is 18.2 Å². The van der Waals surface area contributed by atoms with Crippen molar-refractivity contribution in [2.45, 2.75) is 18.9 Å². The molecule has 0 amide bonds. The average molecular weight is 347 g/mol. The first kappa shape index (κ1) is 12.1. The molecule has 0 bridgehead atoms. The minimum atomic E-state index is -0.188. The van der Waals surface area contributed by atoms with Gasteiger partial charge in [-0.3, -0.25) is 0 Å². The number of ether oxygens (including phenoxy) is 1. The lowest BCUT2D eigenvalue weighted by Gasteiger charge is -2.21. The van der Waals surface area contributed by atoms with Gasteiger partial charge in [-0.15, -0.1) is 0 Å². The van der Waals surface area contributed by atoms with Gasteiger partial charge >= 0.3 is 0 Å². The highest BCUT2D eigenvalue weighted by Gasteiger charge is 2.18. The van der Waals surface area contributed by atoms with Crippen molar-refractivity contribution in [3.8, 4) is 0 Å². The first-order chi connectivity index (χ1) is 7.68. The van der Waals surface area contributed by atoms with Gasteiger partial charge in [-0.05, 0) is 42.7 Å². The predicted molar refractivity (Wildman–Crippen MR) is 72.0 cm³/mol. The molecule has 1 aromatic carbocycles. The Kier molecular flexibility index (Phi) is 4.05. The van der Waals surface area contributed by atoms with E-state index in [0.29, 0.717) is 0 Å². The molecule has 2 nitrogen and oxygen atoms in total. The predicted octanol–water partition coefficient (Wildman–Crippen LogP) is 3.91. The summed E-state index contributed by atoms with van der Waals surface area (Å²) in [7, 11) is 0. The zero-order valence-electron chi connectivity index (χ0n) is 8.75. The highest BCUT2D eigenvalue weighted by atomic mass is 79.9. The van der Waals surface area contributed by atoms with Crippen LogP contribution in [0.4, 0.5) is 0 Å². The summed E-state index contributed by atoms with van der Waals surface area (Å²) in [6.07, 6.45) is 4.21. The van der Waals surface area contributed by atoms with Crippen molar-refractivity contribution in [2.24, 2.45) is 5.73 Å². The van der Waals surface area contributed by atoms with Gasteiger partial charge in [-0.2, -0.15) is 0 Å². The molecule has 2 rings (SSSR count). The third kappa shape index (κ3) is 2.67. The van der Waals surface area contributed by atoms with E-state index in [0.717, 1.165) is 39.7 Å². The van der Waals surface area contributed by atoms with Gasteiger partial charge < -0.3 is 10.5 Å². The molecule has 0 radical (unpaired) electrons. The van der Waals surface area contributed by atoms with Gasteiger partial charge in [-0.1, -0.05) is 31.9 Å². The molecule has 0 fully saturated rings. The molecule has 1 aromatic rings. The molecule has 1 aliphatic heterocycles. The van der Waals surface area contributed by atoms with E-state index in [1.165, 1.54) is 0 Å². The molecule has 1 heterocycles. The summed E-state index contributed by atoms with van der Waals surface area (Å²) in [4.78, 5) is 0. The number of nitrogens with two attached hydrogens (primary N) is 1. The maximum atomic E-state index is 6.20. The Bertz CT molecular complexity index is 417. The molecular formula is C12H13Br2NO. The molecule has 1 atom stereocenters. The lowest BCUT2D eigenvalue weighted by molar-refractivity contribution is 0.175. The van der Waals surface area contributed by atoms with Crippen LogP contribution in [0.3, 0.4) is 0 Å². The van der Waals surface area contributed by atoms with Gasteiger partial charge in [0.1, 0.15) is 5.76 Å². The van der Waals surface area contributed by atoms with Gasteiger partial charge in [0.2, 0.25) is 0 Å². The molecule has 16 heavy (non-hydrogen) atoms. The summed E-state index contributed by atoms with van der Waals surface area (Å²) in [6.45, 7) is 0.769. The number of benzene rings is 1. The van der Waals surface area contributed by atoms with Gasteiger partial charge in [-0.25, -0.2) is 0 Å². The van der Waals surface area contributed by atoms with E-state index in [1.54, 1.807) is 0 Å². The molecule has 0 aliphatic carbocycles. The van der Waals surface area contributed by atoms with Crippen LogP contribution < -0.4 is 5.73 Å². The number of hydrogen-bond acceptors (Lipinski definition) is 2. The summed E-state index contributed by atoms with van der Waals surface area (Å²) < 4.78 is 7.63. The SMILES string of the molecule is NC(C1=CCCCO1)c1cc(Br)ccc1Br. The van der Waals surface area contributed by atoms with E-state index in [2.05, 4.69) is 37.9 Å².